The molecule has 0 bridgehead atoms. The predicted molar refractivity (Wildman–Crippen MR) is 69.3 cm³/mol. The number of rotatable bonds is 2. The van der Waals surface area contributed by atoms with Gasteiger partial charge in [-0.25, -0.2) is 4.79 Å². The van der Waals surface area contributed by atoms with Crippen LogP contribution < -0.4 is 0 Å². The largest absolute Gasteiger partial charge is 0.507 e. The van der Waals surface area contributed by atoms with E-state index in [9.17, 15) is 9.90 Å². The van der Waals surface area contributed by atoms with Crippen molar-refractivity contribution in [2.24, 2.45) is 7.05 Å². The summed E-state index contributed by atoms with van der Waals surface area (Å²) in [4.78, 5) is 10.9. The number of carboxylic acid groups (broad SMARTS) is 1. The summed E-state index contributed by atoms with van der Waals surface area (Å²) in [6.07, 6.45) is 3.10. The minimum absolute atomic E-state index is 0.0163. The van der Waals surface area contributed by atoms with E-state index < -0.39 is 5.97 Å². The SMILES string of the molecule is Cn1nc(C(=O)O)cc1-c1cc2c(cc1O)CCC2. The summed E-state index contributed by atoms with van der Waals surface area (Å²) < 4.78 is 1.49. The van der Waals surface area contributed by atoms with Gasteiger partial charge in [-0.1, -0.05) is 0 Å². The van der Waals surface area contributed by atoms with Crippen LogP contribution >= 0.6 is 0 Å². The zero-order valence-electron chi connectivity index (χ0n) is 10.6. The molecule has 1 aliphatic rings. The van der Waals surface area contributed by atoms with E-state index in [1.54, 1.807) is 13.1 Å². The van der Waals surface area contributed by atoms with Gasteiger partial charge in [0.25, 0.3) is 0 Å². The molecule has 0 saturated heterocycles. The number of fused-ring (bicyclic) bond motifs is 1. The normalized spacial score (nSPS) is 13.5. The van der Waals surface area contributed by atoms with E-state index >= 15 is 0 Å². The first kappa shape index (κ1) is 11.8. The molecule has 19 heavy (non-hydrogen) atoms. The number of nitrogens with zero attached hydrogens (tertiary/aromatic N) is 2. The van der Waals surface area contributed by atoms with Crippen molar-refractivity contribution in [1.29, 1.82) is 0 Å². The Labute approximate surface area is 110 Å². The Morgan fingerprint density at radius 2 is 1.95 bits per heavy atom. The van der Waals surface area contributed by atoms with Gasteiger partial charge in [0, 0.05) is 12.6 Å². The Balaban J connectivity index is 2.14. The van der Waals surface area contributed by atoms with Gasteiger partial charge in [0.05, 0.1) is 5.69 Å². The second kappa shape index (κ2) is 4.12. The molecule has 0 atom stereocenters. The molecule has 0 radical (unpaired) electrons. The Hall–Kier alpha value is -2.30. The highest BCUT2D eigenvalue weighted by Gasteiger charge is 2.19. The van der Waals surface area contributed by atoms with Crippen molar-refractivity contribution < 1.29 is 15.0 Å². The molecule has 2 N–H and O–H groups in total. The first-order valence-corrected chi connectivity index (χ1v) is 6.18. The quantitative estimate of drug-likeness (QED) is 0.863. The van der Waals surface area contributed by atoms with Gasteiger partial charge in [-0.15, -0.1) is 0 Å². The van der Waals surface area contributed by atoms with Gasteiger partial charge in [0.15, 0.2) is 5.69 Å². The van der Waals surface area contributed by atoms with Gasteiger partial charge in [0.2, 0.25) is 0 Å². The number of aromatic hydroxyl groups is 1. The highest BCUT2D eigenvalue weighted by atomic mass is 16.4. The van der Waals surface area contributed by atoms with Crippen molar-refractivity contribution in [3.8, 4) is 17.0 Å². The lowest BCUT2D eigenvalue weighted by atomic mass is 10.0. The fraction of sp³-hybridized carbons (Fsp3) is 0.286. The molecule has 1 aromatic carbocycles. The molecule has 5 nitrogen and oxygen atoms in total. The summed E-state index contributed by atoms with van der Waals surface area (Å²) in [6, 6.07) is 5.21. The van der Waals surface area contributed by atoms with Crippen LogP contribution in [0.15, 0.2) is 18.2 Å². The third kappa shape index (κ3) is 1.87. The second-order valence-electron chi connectivity index (χ2n) is 4.84. The highest BCUT2D eigenvalue weighted by Crippen LogP contribution is 2.35. The van der Waals surface area contributed by atoms with Crippen LogP contribution in [0.1, 0.15) is 28.0 Å². The Morgan fingerprint density at radius 1 is 1.26 bits per heavy atom. The summed E-state index contributed by atoms with van der Waals surface area (Å²) in [6.45, 7) is 0. The van der Waals surface area contributed by atoms with Crippen molar-refractivity contribution in [2.75, 3.05) is 0 Å². The van der Waals surface area contributed by atoms with Gasteiger partial charge in [-0.2, -0.15) is 5.10 Å². The maximum Gasteiger partial charge on any atom is 0.356 e. The fourth-order valence-corrected chi connectivity index (χ4v) is 2.64. The topological polar surface area (TPSA) is 75.4 Å². The Morgan fingerprint density at radius 3 is 2.58 bits per heavy atom. The molecule has 5 heteroatoms. The van der Waals surface area contributed by atoms with Crippen molar-refractivity contribution in [3.63, 3.8) is 0 Å². The van der Waals surface area contributed by atoms with Crippen LogP contribution in [0, 0.1) is 0 Å². The van der Waals surface area contributed by atoms with Crippen molar-refractivity contribution >= 4 is 5.97 Å². The molecule has 0 amide bonds. The molecule has 0 fully saturated rings. The highest BCUT2D eigenvalue weighted by molar-refractivity contribution is 5.87. The molecular weight excluding hydrogens is 244 g/mol. The Kier molecular flexibility index (Phi) is 2.55. The van der Waals surface area contributed by atoms with Gasteiger partial charge >= 0.3 is 5.97 Å². The van der Waals surface area contributed by atoms with E-state index in [0.29, 0.717) is 11.3 Å². The summed E-state index contributed by atoms with van der Waals surface area (Å²) in [7, 11) is 1.68. The fourth-order valence-electron chi connectivity index (χ4n) is 2.64. The molecular formula is C14H14N2O3. The summed E-state index contributed by atoms with van der Waals surface area (Å²) in [5.41, 5.74) is 3.65. The van der Waals surface area contributed by atoms with E-state index in [0.717, 1.165) is 19.3 Å². The summed E-state index contributed by atoms with van der Waals surface area (Å²) in [5.74, 6) is -0.886. The minimum atomic E-state index is -1.07. The van der Waals surface area contributed by atoms with E-state index in [1.165, 1.54) is 21.9 Å². The molecule has 0 saturated carbocycles. The van der Waals surface area contributed by atoms with Crippen LogP contribution in [0.2, 0.25) is 0 Å². The molecule has 3 rings (SSSR count). The van der Waals surface area contributed by atoms with Crippen LogP contribution in [-0.4, -0.2) is 26.0 Å². The average molecular weight is 258 g/mol. The first-order valence-electron chi connectivity index (χ1n) is 6.18. The number of carbonyl (C=O) groups is 1. The van der Waals surface area contributed by atoms with E-state index in [4.69, 9.17) is 5.11 Å². The lowest BCUT2D eigenvalue weighted by Crippen LogP contribution is -1.99. The van der Waals surface area contributed by atoms with Crippen molar-refractivity contribution in [3.05, 3.63) is 35.0 Å². The maximum atomic E-state index is 10.9. The van der Waals surface area contributed by atoms with Gasteiger partial charge < -0.3 is 10.2 Å². The molecule has 1 aliphatic carbocycles. The number of phenolic OH excluding ortho intramolecular Hbond substituents is 1. The summed E-state index contributed by atoms with van der Waals surface area (Å²) in [5, 5.41) is 23.0. The molecule has 0 unspecified atom stereocenters. The van der Waals surface area contributed by atoms with Gasteiger partial charge in [-0.05, 0) is 48.6 Å². The number of benzene rings is 1. The van der Waals surface area contributed by atoms with E-state index in [1.807, 2.05) is 6.07 Å². The smallest absolute Gasteiger partial charge is 0.356 e. The molecule has 98 valence electrons. The number of phenols is 1. The van der Waals surface area contributed by atoms with Crippen molar-refractivity contribution in [2.45, 2.75) is 19.3 Å². The number of hydrogen-bond donors (Lipinski definition) is 2. The standard InChI is InChI=1S/C14H14N2O3/c1-16-12(7-11(15-16)14(18)19)10-5-8-3-2-4-9(8)6-13(10)17/h5-7,17H,2-4H2,1H3,(H,18,19). The van der Waals surface area contributed by atoms with Crippen LogP contribution in [0.5, 0.6) is 5.75 Å². The molecule has 0 spiro atoms. The average Bonchev–Trinajstić information content (AvgIpc) is 2.94. The van der Waals surface area contributed by atoms with Crippen molar-refractivity contribution in [1.82, 2.24) is 9.78 Å². The van der Waals surface area contributed by atoms with Crippen LogP contribution in [0.4, 0.5) is 0 Å². The number of aromatic nitrogens is 2. The third-order valence-corrected chi connectivity index (χ3v) is 3.59. The monoisotopic (exact) mass is 258 g/mol. The lowest BCUT2D eigenvalue weighted by Gasteiger charge is -2.08. The van der Waals surface area contributed by atoms with Crippen LogP contribution in [0.3, 0.4) is 0 Å². The maximum absolute atomic E-state index is 10.9. The Bertz CT molecular complexity index is 674. The zero-order chi connectivity index (χ0) is 13.6. The number of aromatic carboxylic acids is 1. The van der Waals surface area contributed by atoms with Crippen LogP contribution in [-0.2, 0) is 19.9 Å². The number of carboxylic acids is 1. The zero-order valence-corrected chi connectivity index (χ0v) is 10.6. The molecule has 2 aromatic rings. The predicted octanol–water partition coefficient (Wildman–Crippen LogP) is 1.98. The van der Waals surface area contributed by atoms with E-state index in [-0.39, 0.29) is 11.4 Å². The molecule has 1 heterocycles. The molecule has 1 aromatic heterocycles. The summed E-state index contributed by atoms with van der Waals surface area (Å²) >= 11 is 0. The van der Waals surface area contributed by atoms with Gasteiger partial charge in [-0.3, -0.25) is 4.68 Å². The number of hydrogen-bond acceptors (Lipinski definition) is 3. The van der Waals surface area contributed by atoms with Gasteiger partial charge in [0.1, 0.15) is 5.75 Å². The number of aryl methyl sites for hydroxylation is 3. The third-order valence-electron chi connectivity index (χ3n) is 3.59. The second-order valence-corrected chi connectivity index (χ2v) is 4.84. The lowest BCUT2D eigenvalue weighted by molar-refractivity contribution is 0.0689. The molecule has 0 aliphatic heterocycles. The van der Waals surface area contributed by atoms with Crippen LogP contribution in [0.25, 0.3) is 11.3 Å². The first-order chi connectivity index (χ1) is 9.06. The minimum Gasteiger partial charge on any atom is -0.507 e. The van der Waals surface area contributed by atoms with E-state index in [2.05, 4.69) is 5.10 Å².